The predicted molar refractivity (Wildman–Crippen MR) is 139 cm³/mol. The van der Waals surface area contributed by atoms with Crippen LogP contribution in [0.1, 0.15) is 47.4 Å². The molecule has 2 fully saturated rings. The first-order chi connectivity index (χ1) is 15.9. The van der Waals surface area contributed by atoms with Crippen LogP contribution in [0.3, 0.4) is 0 Å². The van der Waals surface area contributed by atoms with Gasteiger partial charge in [-0.1, -0.05) is 34.7 Å². The topological polar surface area (TPSA) is 50.6 Å². The number of hydrogen-bond donors (Lipinski definition) is 0. The minimum atomic E-state index is 0.112. The third-order valence-corrected chi connectivity index (χ3v) is 9.17. The van der Waals surface area contributed by atoms with Gasteiger partial charge >= 0.3 is 0 Å². The Kier molecular flexibility index (Phi) is 6.11. The van der Waals surface area contributed by atoms with Crippen molar-refractivity contribution in [3.05, 3.63) is 59.4 Å². The van der Waals surface area contributed by atoms with Crippen molar-refractivity contribution in [3.8, 4) is 5.75 Å². The molecule has 2 heterocycles. The maximum absolute atomic E-state index is 13.2. The number of methoxy groups -OCH3 is 1. The van der Waals surface area contributed by atoms with E-state index < -0.39 is 0 Å². The number of alkyl halides is 1. The van der Waals surface area contributed by atoms with Crippen molar-refractivity contribution in [1.82, 2.24) is 19.4 Å². The lowest BCUT2D eigenvalue weighted by atomic mass is 9.92. The molecule has 33 heavy (non-hydrogen) atoms. The average Bonchev–Trinajstić information content (AvgIpc) is 3.42. The summed E-state index contributed by atoms with van der Waals surface area (Å²) < 4.78 is 7.86. The van der Waals surface area contributed by atoms with Crippen LogP contribution in [-0.2, 0) is 6.54 Å². The predicted octanol–water partition coefficient (Wildman–Crippen LogP) is 4.86. The number of aromatic nitrogens is 2. The molecular weight excluding hydrogens is 527 g/mol. The number of nitrogens with zero attached hydrogens (tertiary/aromatic N) is 4. The van der Waals surface area contributed by atoms with Crippen molar-refractivity contribution in [3.63, 3.8) is 0 Å². The molecule has 0 bridgehead atoms. The second-order valence-electron chi connectivity index (χ2n) is 9.37. The quantitative estimate of drug-likeness (QED) is 0.246. The Morgan fingerprint density at radius 2 is 2.00 bits per heavy atom. The van der Waals surface area contributed by atoms with E-state index in [1.54, 1.807) is 7.11 Å². The summed E-state index contributed by atoms with van der Waals surface area (Å²) in [6, 6.07) is 14.3. The Morgan fingerprint density at radius 3 is 2.67 bits per heavy atom. The first-order valence-corrected chi connectivity index (χ1v) is 12.8. The molecule has 0 spiro atoms. The molecule has 6 nitrogen and oxygen atoms in total. The number of likely N-dealkylation sites (N-methyl/N-ethyl adjacent to an activating group) is 1. The monoisotopic (exact) mass is 558 g/mol. The van der Waals surface area contributed by atoms with E-state index in [0.717, 1.165) is 53.2 Å². The van der Waals surface area contributed by atoms with Gasteiger partial charge in [-0.15, -0.1) is 0 Å². The molecule has 1 unspecified atom stereocenters. The lowest BCUT2D eigenvalue weighted by Crippen LogP contribution is -2.49. The van der Waals surface area contributed by atoms with E-state index in [9.17, 15) is 4.79 Å². The van der Waals surface area contributed by atoms with Crippen LogP contribution in [0.5, 0.6) is 5.75 Å². The SMILES string of the molecule is COc1ccc2c(c1)nc(C)n2Cc1ccc(C(=O)N(C)C2CCN(C3(I)CCC3)C2)cc1. The fourth-order valence-electron chi connectivity index (χ4n) is 5.07. The first-order valence-electron chi connectivity index (χ1n) is 11.7. The van der Waals surface area contributed by atoms with E-state index in [1.807, 2.05) is 43.1 Å². The van der Waals surface area contributed by atoms with Crippen molar-refractivity contribution in [2.75, 3.05) is 27.2 Å². The van der Waals surface area contributed by atoms with E-state index in [4.69, 9.17) is 4.74 Å². The van der Waals surface area contributed by atoms with Gasteiger partial charge in [-0.05, 0) is 62.4 Å². The smallest absolute Gasteiger partial charge is 0.253 e. The number of carbonyl (C=O) groups excluding carboxylic acids is 1. The number of rotatable bonds is 6. The molecule has 1 saturated heterocycles. The number of imidazole rings is 1. The Hall–Kier alpha value is -2.13. The average molecular weight is 558 g/mol. The van der Waals surface area contributed by atoms with Gasteiger partial charge in [0.2, 0.25) is 0 Å². The highest BCUT2D eigenvalue weighted by Crippen LogP contribution is 2.45. The molecule has 1 aliphatic heterocycles. The fraction of sp³-hybridized carbons (Fsp3) is 0.462. The number of aryl methyl sites for hydroxylation is 1. The number of benzene rings is 2. The van der Waals surface area contributed by atoms with E-state index in [2.05, 4.69) is 55.2 Å². The van der Waals surface area contributed by atoms with Crippen molar-refractivity contribution in [2.45, 2.75) is 48.7 Å². The maximum Gasteiger partial charge on any atom is 0.253 e. The third kappa shape index (κ3) is 4.25. The number of hydrogen-bond acceptors (Lipinski definition) is 4. The summed E-state index contributed by atoms with van der Waals surface area (Å²) in [6.07, 6.45) is 4.94. The Labute approximate surface area is 209 Å². The van der Waals surface area contributed by atoms with Crippen LogP contribution < -0.4 is 4.74 Å². The molecule has 5 rings (SSSR count). The fourth-order valence-corrected chi connectivity index (χ4v) is 6.27. The number of carbonyl (C=O) groups is 1. The van der Waals surface area contributed by atoms with Gasteiger partial charge in [-0.2, -0.15) is 0 Å². The summed E-state index contributed by atoms with van der Waals surface area (Å²) in [6.45, 7) is 4.82. The molecule has 1 aliphatic carbocycles. The van der Waals surface area contributed by atoms with E-state index in [1.165, 1.54) is 19.3 Å². The molecule has 7 heteroatoms. The van der Waals surface area contributed by atoms with Gasteiger partial charge < -0.3 is 14.2 Å². The number of halogens is 1. The molecule has 0 N–H and O–H groups in total. The van der Waals surface area contributed by atoms with Crippen LogP contribution in [0.15, 0.2) is 42.5 Å². The van der Waals surface area contributed by atoms with E-state index in [0.29, 0.717) is 16.1 Å². The van der Waals surface area contributed by atoms with Crippen LogP contribution in [0.25, 0.3) is 11.0 Å². The Balaban J connectivity index is 1.26. The number of fused-ring (bicyclic) bond motifs is 1. The highest BCUT2D eigenvalue weighted by Gasteiger charge is 2.44. The minimum Gasteiger partial charge on any atom is -0.497 e. The standard InChI is InChI=1S/C26H31IN4O2/c1-18-28-23-15-22(33-3)9-10-24(23)31(18)16-19-5-7-20(8-6-19)25(32)29(2)21-11-14-30(17-21)26(27)12-4-13-26/h5-10,15,21H,4,11-14,16-17H2,1-3H3. The molecular formula is C26H31IN4O2. The van der Waals surface area contributed by atoms with E-state index in [-0.39, 0.29) is 5.91 Å². The van der Waals surface area contributed by atoms with E-state index >= 15 is 0 Å². The van der Waals surface area contributed by atoms with Gasteiger partial charge in [0.1, 0.15) is 11.6 Å². The lowest BCUT2D eigenvalue weighted by molar-refractivity contribution is 0.0714. The molecule has 1 atom stereocenters. The van der Waals surface area contributed by atoms with Gasteiger partial charge in [-0.3, -0.25) is 9.69 Å². The Morgan fingerprint density at radius 1 is 1.24 bits per heavy atom. The molecule has 2 aliphatic rings. The van der Waals surface area contributed by atoms with Crippen LogP contribution >= 0.6 is 22.6 Å². The molecule has 1 aromatic heterocycles. The molecule has 2 aromatic carbocycles. The van der Waals surface area contributed by atoms with Crippen molar-refractivity contribution in [1.29, 1.82) is 0 Å². The zero-order valence-corrected chi connectivity index (χ0v) is 21.7. The molecule has 174 valence electrons. The van der Waals surface area contributed by atoms with Gasteiger partial charge in [0.15, 0.2) is 0 Å². The second-order valence-corrected chi connectivity index (χ2v) is 11.4. The maximum atomic E-state index is 13.2. The molecule has 1 saturated carbocycles. The molecule has 3 aromatic rings. The number of ether oxygens (including phenoxy) is 1. The summed E-state index contributed by atoms with van der Waals surface area (Å²) in [5.41, 5.74) is 3.92. The summed E-state index contributed by atoms with van der Waals surface area (Å²) in [7, 11) is 3.63. The van der Waals surface area contributed by atoms with Gasteiger partial charge in [0, 0.05) is 44.4 Å². The van der Waals surface area contributed by atoms with Gasteiger partial charge in [0.05, 0.1) is 21.7 Å². The summed E-state index contributed by atoms with van der Waals surface area (Å²) in [4.78, 5) is 22.4. The van der Waals surface area contributed by atoms with Gasteiger partial charge in [-0.25, -0.2) is 4.98 Å². The van der Waals surface area contributed by atoms with Crippen LogP contribution in [-0.4, -0.2) is 62.1 Å². The zero-order chi connectivity index (χ0) is 23.2. The lowest BCUT2D eigenvalue weighted by Gasteiger charge is -2.44. The molecule has 1 amide bonds. The number of likely N-dealkylation sites (tertiary alicyclic amines) is 1. The van der Waals surface area contributed by atoms with Crippen molar-refractivity contribution >= 4 is 39.5 Å². The Bertz CT molecular complexity index is 1170. The molecule has 0 radical (unpaired) electrons. The summed E-state index contributed by atoms with van der Waals surface area (Å²) in [5, 5.41) is 0. The second kappa shape index (κ2) is 8.91. The van der Waals surface area contributed by atoms with Crippen molar-refractivity contribution < 1.29 is 9.53 Å². The minimum absolute atomic E-state index is 0.112. The van der Waals surface area contributed by atoms with Crippen LogP contribution in [0.2, 0.25) is 0 Å². The van der Waals surface area contributed by atoms with Crippen LogP contribution in [0.4, 0.5) is 0 Å². The highest BCUT2D eigenvalue weighted by molar-refractivity contribution is 14.1. The van der Waals surface area contributed by atoms with Crippen LogP contribution in [0, 0.1) is 6.92 Å². The largest absolute Gasteiger partial charge is 0.497 e. The van der Waals surface area contributed by atoms with Crippen molar-refractivity contribution in [2.24, 2.45) is 0 Å². The third-order valence-electron chi connectivity index (χ3n) is 7.41. The summed E-state index contributed by atoms with van der Waals surface area (Å²) in [5.74, 6) is 1.88. The highest BCUT2D eigenvalue weighted by atomic mass is 127. The zero-order valence-electron chi connectivity index (χ0n) is 19.6. The first kappa shape index (κ1) is 22.7. The normalized spacial score (nSPS) is 20.1. The number of amides is 1. The van der Waals surface area contributed by atoms with Gasteiger partial charge in [0.25, 0.3) is 5.91 Å². The summed E-state index contributed by atoms with van der Waals surface area (Å²) >= 11 is 2.62.